The van der Waals surface area contributed by atoms with Gasteiger partial charge in [-0.2, -0.15) is 0 Å². The summed E-state index contributed by atoms with van der Waals surface area (Å²) in [6.45, 7) is 2.20. The summed E-state index contributed by atoms with van der Waals surface area (Å²) >= 11 is 0. The molecule has 0 aromatic rings. The summed E-state index contributed by atoms with van der Waals surface area (Å²) in [5.41, 5.74) is 0. The summed E-state index contributed by atoms with van der Waals surface area (Å²) in [5, 5.41) is 2.88. The number of rotatable bonds is 0. The Morgan fingerprint density at radius 2 is 2.50 bits per heavy atom. The first-order chi connectivity index (χ1) is 2.89. The molecule has 0 bridgehead atoms. The van der Waals surface area contributed by atoms with Crippen LogP contribution < -0.4 is 0 Å². The van der Waals surface area contributed by atoms with Crippen molar-refractivity contribution >= 4 is 21.6 Å². The zero-order valence-corrected chi connectivity index (χ0v) is 5.18. The van der Waals surface area contributed by atoms with Crippen molar-refractivity contribution in [3.63, 3.8) is 0 Å². The van der Waals surface area contributed by atoms with Gasteiger partial charge in [-0.1, -0.05) is 27.7 Å². The van der Waals surface area contributed by atoms with Gasteiger partial charge in [-0.05, 0) is 12.3 Å². The van der Waals surface area contributed by atoms with E-state index in [2.05, 4.69) is 18.4 Å². The van der Waals surface area contributed by atoms with Gasteiger partial charge in [0.1, 0.15) is 0 Å². The summed E-state index contributed by atoms with van der Waals surface area (Å²) in [5.74, 6) is 0. The van der Waals surface area contributed by atoms with Gasteiger partial charge in [-0.25, -0.2) is 0 Å². The minimum absolute atomic E-state index is 0.745. The molecule has 0 aromatic carbocycles. The molecule has 0 radical (unpaired) electrons. The SMILES string of the molecule is C[C@@H]1C=CSS1. The molecule has 0 amide bonds. The molecule has 6 heavy (non-hydrogen) atoms. The molecule has 2 heteroatoms. The zero-order valence-electron chi connectivity index (χ0n) is 3.55. The quantitative estimate of drug-likeness (QED) is 0.447. The molecule has 0 unspecified atom stereocenters. The van der Waals surface area contributed by atoms with Crippen LogP contribution in [-0.4, -0.2) is 5.25 Å². The molecule has 1 heterocycles. The third kappa shape index (κ3) is 0.949. The van der Waals surface area contributed by atoms with Crippen molar-refractivity contribution < 1.29 is 0 Å². The molecule has 1 aliphatic rings. The van der Waals surface area contributed by atoms with Crippen molar-refractivity contribution in [3.8, 4) is 0 Å². The molecule has 1 atom stereocenters. The standard InChI is InChI=1S/C4H6S2/c1-4-2-3-5-6-4/h2-4H,1H3/t4-/m1/s1. The van der Waals surface area contributed by atoms with E-state index >= 15 is 0 Å². The van der Waals surface area contributed by atoms with Gasteiger partial charge in [-0.15, -0.1) is 0 Å². The Kier molecular flexibility index (Phi) is 1.48. The number of hydrogen-bond donors (Lipinski definition) is 0. The summed E-state index contributed by atoms with van der Waals surface area (Å²) in [4.78, 5) is 0. The van der Waals surface area contributed by atoms with Crippen LogP contribution in [0.4, 0.5) is 0 Å². The van der Waals surface area contributed by atoms with Crippen molar-refractivity contribution in [2.45, 2.75) is 12.2 Å². The Morgan fingerprint density at radius 3 is 2.67 bits per heavy atom. The maximum atomic E-state index is 2.20. The van der Waals surface area contributed by atoms with Gasteiger partial charge in [0.2, 0.25) is 0 Å². The highest BCUT2D eigenvalue weighted by atomic mass is 33.1. The molecule has 0 saturated heterocycles. The van der Waals surface area contributed by atoms with E-state index in [1.165, 1.54) is 0 Å². The lowest BCUT2D eigenvalue weighted by Crippen LogP contribution is -1.77. The first-order valence-corrected chi connectivity index (χ1v) is 4.16. The third-order valence-electron chi connectivity index (χ3n) is 0.612. The second kappa shape index (κ2) is 1.94. The van der Waals surface area contributed by atoms with E-state index in [-0.39, 0.29) is 0 Å². The predicted molar refractivity (Wildman–Crippen MR) is 33.8 cm³/mol. The molecule has 0 saturated carbocycles. The smallest absolute Gasteiger partial charge is 0.0314 e. The van der Waals surface area contributed by atoms with Gasteiger partial charge in [0.05, 0.1) is 0 Å². The first kappa shape index (κ1) is 4.60. The molecule has 1 aliphatic heterocycles. The van der Waals surface area contributed by atoms with Crippen LogP contribution in [0.2, 0.25) is 0 Å². The Balaban J connectivity index is 2.38. The fourth-order valence-electron chi connectivity index (χ4n) is 0.294. The van der Waals surface area contributed by atoms with Gasteiger partial charge in [-0.3, -0.25) is 0 Å². The Morgan fingerprint density at radius 1 is 1.67 bits per heavy atom. The highest BCUT2D eigenvalue weighted by Crippen LogP contribution is 2.34. The highest BCUT2D eigenvalue weighted by molar-refractivity contribution is 8.78. The third-order valence-corrected chi connectivity index (χ3v) is 3.03. The van der Waals surface area contributed by atoms with Crippen LogP contribution >= 0.6 is 21.6 Å². The van der Waals surface area contributed by atoms with Crippen LogP contribution in [0.25, 0.3) is 0 Å². The van der Waals surface area contributed by atoms with E-state index in [0.717, 1.165) is 5.25 Å². The molecule has 34 valence electrons. The summed E-state index contributed by atoms with van der Waals surface area (Å²) in [7, 11) is 3.72. The molecule has 0 nitrogen and oxygen atoms in total. The normalized spacial score (nSPS) is 31.8. The van der Waals surface area contributed by atoms with Gasteiger partial charge in [0.25, 0.3) is 0 Å². The lowest BCUT2D eigenvalue weighted by Gasteiger charge is -1.88. The fraction of sp³-hybridized carbons (Fsp3) is 0.500. The van der Waals surface area contributed by atoms with E-state index in [1.807, 2.05) is 21.6 Å². The first-order valence-electron chi connectivity index (χ1n) is 1.88. The average Bonchev–Trinajstić information content (AvgIpc) is 1.86. The molecule has 1 rings (SSSR count). The predicted octanol–water partition coefficient (Wildman–Crippen LogP) is 2.28. The minimum Gasteiger partial charge on any atom is -0.0822 e. The molecule has 0 aromatic heterocycles. The average molecular weight is 118 g/mol. The lowest BCUT2D eigenvalue weighted by atomic mass is 10.5. The van der Waals surface area contributed by atoms with Crippen molar-refractivity contribution in [1.29, 1.82) is 0 Å². The summed E-state index contributed by atoms with van der Waals surface area (Å²) < 4.78 is 0. The monoisotopic (exact) mass is 118 g/mol. The zero-order chi connectivity index (χ0) is 4.41. The molecule has 0 fully saturated rings. The molecule has 0 aliphatic carbocycles. The van der Waals surface area contributed by atoms with Crippen molar-refractivity contribution in [1.82, 2.24) is 0 Å². The topological polar surface area (TPSA) is 0 Å². The molecule has 0 N–H and O–H groups in total. The van der Waals surface area contributed by atoms with E-state index in [9.17, 15) is 0 Å². The van der Waals surface area contributed by atoms with Crippen molar-refractivity contribution in [3.05, 3.63) is 11.5 Å². The van der Waals surface area contributed by atoms with E-state index < -0.39 is 0 Å². The van der Waals surface area contributed by atoms with Crippen LogP contribution in [0.5, 0.6) is 0 Å². The molecule has 0 spiro atoms. The van der Waals surface area contributed by atoms with Crippen LogP contribution in [0.1, 0.15) is 6.92 Å². The van der Waals surface area contributed by atoms with E-state index in [1.54, 1.807) is 0 Å². The fourth-order valence-corrected chi connectivity index (χ4v) is 2.18. The minimum atomic E-state index is 0.745. The van der Waals surface area contributed by atoms with E-state index in [0.29, 0.717) is 0 Å². The van der Waals surface area contributed by atoms with Crippen molar-refractivity contribution in [2.24, 2.45) is 0 Å². The van der Waals surface area contributed by atoms with E-state index in [4.69, 9.17) is 0 Å². The molecular formula is C4H6S2. The van der Waals surface area contributed by atoms with Gasteiger partial charge in [0.15, 0.2) is 0 Å². The van der Waals surface area contributed by atoms with Gasteiger partial charge in [0, 0.05) is 5.25 Å². The largest absolute Gasteiger partial charge is 0.0822 e. The van der Waals surface area contributed by atoms with Gasteiger partial charge < -0.3 is 0 Å². The van der Waals surface area contributed by atoms with Crippen LogP contribution in [0, 0.1) is 0 Å². The Bertz CT molecular complexity index is 67.9. The van der Waals surface area contributed by atoms with Gasteiger partial charge >= 0.3 is 0 Å². The summed E-state index contributed by atoms with van der Waals surface area (Å²) in [6.07, 6.45) is 2.20. The lowest BCUT2D eigenvalue weighted by molar-refractivity contribution is 1.27. The van der Waals surface area contributed by atoms with Crippen LogP contribution in [0.3, 0.4) is 0 Å². The van der Waals surface area contributed by atoms with Crippen LogP contribution in [-0.2, 0) is 0 Å². The second-order valence-corrected chi connectivity index (χ2v) is 3.78. The molecular weight excluding hydrogens is 112 g/mol. The van der Waals surface area contributed by atoms with Crippen LogP contribution in [0.15, 0.2) is 11.5 Å². The second-order valence-electron chi connectivity index (χ2n) is 1.23. The van der Waals surface area contributed by atoms with Crippen molar-refractivity contribution in [2.75, 3.05) is 0 Å². The Labute approximate surface area is 45.8 Å². The Hall–Kier alpha value is 0.440. The maximum absolute atomic E-state index is 2.20. The maximum Gasteiger partial charge on any atom is 0.0314 e. The highest BCUT2D eigenvalue weighted by Gasteiger charge is 2.00. The summed E-state index contributed by atoms with van der Waals surface area (Å²) in [6, 6.07) is 0. The number of hydrogen-bond acceptors (Lipinski definition) is 2.